The van der Waals surface area contributed by atoms with Crippen molar-refractivity contribution in [1.29, 1.82) is 0 Å². The number of rotatable bonds is 4. The van der Waals surface area contributed by atoms with Gasteiger partial charge in [-0.15, -0.1) is 0 Å². The molecule has 1 aliphatic heterocycles. The number of aryl methyl sites for hydroxylation is 1. The van der Waals surface area contributed by atoms with Gasteiger partial charge in [0.25, 0.3) is 0 Å². The van der Waals surface area contributed by atoms with Gasteiger partial charge in [-0.3, -0.25) is 0 Å². The Kier molecular flexibility index (Phi) is 4.11. The Bertz CT molecular complexity index is 624. The van der Waals surface area contributed by atoms with Crippen molar-refractivity contribution in [2.75, 3.05) is 18.6 Å². The molecule has 0 saturated heterocycles. The second-order valence-electron chi connectivity index (χ2n) is 5.50. The molecule has 0 atom stereocenters. The van der Waals surface area contributed by atoms with Gasteiger partial charge in [-0.2, -0.15) is 0 Å². The molecule has 110 valence electrons. The smallest absolute Gasteiger partial charge is 0.123 e. The zero-order valence-corrected chi connectivity index (χ0v) is 12.5. The van der Waals surface area contributed by atoms with E-state index in [-0.39, 0.29) is 0 Å². The molecule has 0 aromatic heterocycles. The second-order valence-corrected chi connectivity index (χ2v) is 5.50. The maximum Gasteiger partial charge on any atom is 0.123 e. The van der Waals surface area contributed by atoms with Crippen LogP contribution in [0.15, 0.2) is 42.5 Å². The zero-order valence-electron chi connectivity index (χ0n) is 12.5. The Morgan fingerprint density at radius 2 is 2.05 bits per heavy atom. The van der Waals surface area contributed by atoms with Crippen molar-refractivity contribution in [3.63, 3.8) is 0 Å². The van der Waals surface area contributed by atoms with Crippen LogP contribution < -0.4 is 15.4 Å². The van der Waals surface area contributed by atoms with Crippen molar-refractivity contribution < 1.29 is 4.74 Å². The molecule has 0 unspecified atom stereocenters. The summed E-state index contributed by atoms with van der Waals surface area (Å²) >= 11 is 0. The number of ether oxygens (including phenoxy) is 1. The number of nitrogens with two attached hydrogens (primary N) is 1. The van der Waals surface area contributed by atoms with E-state index in [1.165, 1.54) is 29.7 Å². The minimum Gasteiger partial charge on any atom is -0.496 e. The van der Waals surface area contributed by atoms with E-state index in [1.807, 2.05) is 6.07 Å². The molecular weight excluding hydrogens is 260 g/mol. The molecule has 3 heteroatoms. The molecule has 0 saturated carbocycles. The number of benzene rings is 2. The third kappa shape index (κ3) is 2.88. The fraction of sp³-hybridized carbons (Fsp3) is 0.333. The van der Waals surface area contributed by atoms with E-state index in [9.17, 15) is 0 Å². The second kappa shape index (κ2) is 6.19. The molecule has 0 aliphatic carbocycles. The van der Waals surface area contributed by atoms with Crippen molar-refractivity contribution in [2.45, 2.75) is 25.9 Å². The summed E-state index contributed by atoms with van der Waals surface area (Å²) in [5, 5.41) is 0. The lowest BCUT2D eigenvalue weighted by molar-refractivity contribution is 0.409. The number of hydrogen-bond acceptors (Lipinski definition) is 3. The molecule has 2 aromatic carbocycles. The van der Waals surface area contributed by atoms with Gasteiger partial charge in [-0.05, 0) is 42.2 Å². The summed E-state index contributed by atoms with van der Waals surface area (Å²) in [5.41, 5.74) is 11.0. The molecule has 2 N–H and O–H groups in total. The van der Waals surface area contributed by atoms with Crippen LogP contribution >= 0.6 is 0 Å². The highest BCUT2D eigenvalue weighted by Crippen LogP contribution is 2.29. The molecule has 2 aromatic rings. The first-order chi connectivity index (χ1) is 10.3. The van der Waals surface area contributed by atoms with E-state index >= 15 is 0 Å². The highest BCUT2D eigenvalue weighted by Gasteiger charge is 2.16. The van der Waals surface area contributed by atoms with Crippen LogP contribution in [0.4, 0.5) is 5.69 Å². The molecule has 1 aliphatic rings. The number of para-hydroxylation sites is 1. The summed E-state index contributed by atoms with van der Waals surface area (Å²) in [6.07, 6.45) is 2.40. The topological polar surface area (TPSA) is 38.5 Å². The van der Waals surface area contributed by atoms with Crippen LogP contribution in [-0.2, 0) is 19.5 Å². The lowest BCUT2D eigenvalue weighted by Gasteiger charge is -2.31. The van der Waals surface area contributed by atoms with Crippen LogP contribution in [0.25, 0.3) is 0 Å². The standard InChI is InChI=1S/C18H22N2O/c1-21-18-9-8-14(11-16(18)12-19)13-20-10-4-6-15-5-2-3-7-17(15)20/h2-3,5,7-9,11H,4,6,10,12-13,19H2,1H3. The molecule has 0 spiro atoms. The Labute approximate surface area is 126 Å². The van der Waals surface area contributed by atoms with E-state index in [0.717, 1.165) is 24.4 Å². The van der Waals surface area contributed by atoms with E-state index in [1.54, 1.807) is 7.11 Å². The van der Waals surface area contributed by atoms with Crippen molar-refractivity contribution >= 4 is 5.69 Å². The molecule has 0 amide bonds. The number of nitrogens with zero attached hydrogens (tertiary/aromatic N) is 1. The van der Waals surface area contributed by atoms with Gasteiger partial charge in [-0.25, -0.2) is 0 Å². The van der Waals surface area contributed by atoms with Gasteiger partial charge >= 0.3 is 0 Å². The average Bonchev–Trinajstić information content (AvgIpc) is 2.55. The summed E-state index contributed by atoms with van der Waals surface area (Å²) in [7, 11) is 1.69. The highest BCUT2D eigenvalue weighted by atomic mass is 16.5. The van der Waals surface area contributed by atoms with Gasteiger partial charge < -0.3 is 15.4 Å². The van der Waals surface area contributed by atoms with E-state index < -0.39 is 0 Å². The van der Waals surface area contributed by atoms with E-state index in [2.05, 4.69) is 41.3 Å². The quantitative estimate of drug-likeness (QED) is 0.936. The summed E-state index contributed by atoms with van der Waals surface area (Å²) in [6.45, 7) is 2.54. The molecular formula is C18H22N2O. The van der Waals surface area contributed by atoms with Crippen LogP contribution in [0.1, 0.15) is 23.1 Å². The van der Waals surface area contributed by atoms with Crippen molar-refractivity contribution in [1.82, 2.24) is 0 Å². The first kappa shape index (κ1) is 14.0. The van der Waals surface area contributed by atoms with Gasteiger partial charge in [0.1, 0.15) is 5.75 Å². The fourth-order valence-corrected chi connectivity index (χ4v) is 3.09. The van der Waals surface area contributed by atoms with Crippen LogP contribution in [-0.4, -0.2) is 13.7 Å². The van der Waals surface area contributed by atoms with E-state index in [4.69, 9.17) is 10.5 Å². The Morgan fingerprint density at radius 1 is 1.19 bits per heavy atom. The highest BCUT2D eigenvalue weighted by molar-refractivity contribution is 5.56. The fourth-order valence-electron chi connectivity index (χ4n) is 3.09. The van der Waals surface area contributed by atoms with Gasteiger partial charge in [0.2, 0.25) is 0 Å². The zero-order chi connectivity index (χ0) is 14.7. The maximum atomic E-state index is 5.81. The monoisotopic (exact) mass is 282 g/mol. The minimum absolute atomic E-state index is 0.508. The maximum absolute atomic E-state index is 5.81. The number of methoxy groups -OCH3 is 1. The molecule has 0 bridgehead atoms. The van der Waals surface area contributed by atoms with Crippen molar-refractivity contribution in [3.8, 4) is 5.75 Å². The van der Waals surface area contributed by atoms with Crippen LogP contribution in [0.3, 0.4) is 0 Å². The molecule has 3 rings (SSSR count). The Hall–Kier alpha value is -2.00. The first-order valence-electron chi connectivity index (χ1n) is 7.50. The summed E-state index contributed by atoms with van der Waals surface area (Å²) in [4.78, 5) is 2.46. The normalized spacial score (nSPS) is 13.9. The van der Waals surface area contributed by atoms with Gasteiger partial charge in [0, 0.05) is 30.9 Å². The lowest BCUT2D eigenvalue weighted by atomic mass is 10.0. The molecule has 21 heavy (non-hydrogen) atoms. The lowest BCUT2D eigenvalue weighted by Crippen LogP contribution is -2.28. The van der Waals surface area contributed by atoms with Crippen molar-refractivity contribution in [2.24, 2.45) is 5.73 Å². The van der Waals surface area contributed by atoms with E-state index in [0.29, 0.717) is 6.54 Å². The van der Waals surface area contributed by atoms with Crippen LogP contribution in [0, 0.1) is 0 Å². The predicted octanol–water partition coefficient (Wildman–Crippen LogP) is 3.11. The van der Waals surface area contributed by atoms with Crippen LogP contribution in [0.2, 0.25) is 0 Å². The molecule has 1 heterocycles. The van der Waals surface area contributed by atoms with Crippen molar-refractivity contribution in [3.05, 3.63) is 59.2 Å². The molecule has 0 fully saturated rings. The summed E-state index contributed by atoms with van der Waals surface area (Å²) < 4.78 is 5.34. The minimum atomic E-state index is 0.508. The summed E-state index contributed by atoms with van der Waals surface area (Å²) in [5.74, 6) is 0.875. The molecule has 3 nitrogen and oxygen atoms in total. The Morgan fingerprint density at radius 3 is 2.86 bits per heavy atom. The largest absolute Gasteiger partial charge is 0.496 e. The van der Waals surface area contributed by atoms with Gasteiger partial charge in [-0.1, -0.05) is 24.3 Å². The Balaban J connectivity index is 1.85. The SMILES string of the molecule is COc1ccc(CN2CCCc3ccccc32)cc1CN. The third-order valence-electron chi connectivity index (χ3n) is 4.14. The summed E-state index contributed by atoms with van der Waals surface area (Å²) in [6, 6.07) is 15.0. The first-order valence-corrected chi connectivity index (χ1v) is 7.50. The number of anilines is 1. The predicted molar refractivity (Wildman–Crippen MR) is 86.7 cm³/mol. The van der Waals surface area contributed by atoms with Gasteiger partial charge in [0.05, 0.1) is 7.11 Å². The molecule has 0 radical (unpaired) electrons. The van der Waals surface area contributed by atoms with Crippen LogP contribution in [0.5, 0.6) is 5.75 Å². The number of hydrogen-bond donors (Lipinski definition) is 1. The van der Waals surface area contributed by atoms with Gasteiger partial charge in [0.15, 0.2) is 0 Å². The number of fused-ring (bicyclic) bond motifs is 1. The third-order valence-corrected chi connectivity index (χ3v) is 4.14. The average molecular weight is 282 g/mol.